The van der Waals surface area contributed by atoms with Gasteiger partial charge in [0.25, 0.3) is 0 Å². The molecule has 4 rings (SSSR count). The molecular weight excluding hydrogens is 430 g/mol. The van der Waals surface area contributed by atoms with E-state index in [4.69, 9.17) is 28.9 Å². The summed E-state index contributed by atoms with van der Waals surface area (Å²) >= 11 is 12.0. The third-order valence-electron chi connectivity index (χ3n) is 5.60. The van der Waals surface area contributed by atoms with E-state index in [-0.39, 0.29) is 5.91 Å². The van der Waals surface area contributed by atoms with Crippen molar-refractivity contribution in [3.8, 4) is 17.1 Å². The fraction of sp³-hybridized carbons (Fsp3) is 0.348. The largest absolute Gasteiger partial charge is 0.342 e. The highest BCUT2D eigenvalue weighted by atomic mass is 35.5. The second-order valence-electron chi connectivity index (χ2n) is 7.90. The van der Waals surface area contributed by atoms with Gasteiger partial charge in [-0.2, -0.15) is 0 Å². The van der Waals surface area contributed by atoms with Crippen molar-refractivity contribution in [1.82, 2.24) is 24.1 Å². The summed E-state index contributed by atoms with van der Waals surface area (Å²) in [7, 11) is 0. The standard InChI is InChI=1S/C23H26ClN5OS/c1-17-4-10-21(11-5-17)29-22(19-6-8-20(24)9-7-19)25-28(23(29)31)16-26-12-3-13-27(15-14-26)18(2)30/h4-11H,3,12-16H2,1-2H3. The smallest absolute Gasteiger partial charge is 0.219 e. The summed E-state index contributed by atoms with van der Waals surface area (Å²) < 4.78 is 4.53. The zero-order chi connectivity index (χ0) is 22.0. The fourth-order valence-electron chi connectivity index (χ4n) is 3.83. The van der Waals surface area contributed by atoms with Crippen molar-refractivity contribution in [2.75, 3.05) is 26.2 Å². The minimum absolute atomic E-state index is 0.132. The number of benzene rings is 2. The van der Waals surface area contributed by atoms with E-state index < -0.39 is 0 Å². The number of rotatable bonds is 4. The van der Waals surface area contributed by atoms with Crippen molar-refractivity contribution >= 4 is 29.7 Å². The maximum atomic E-state index is 11.7. The zero-order valence-corrected chi connectivity index (χ0v) is 19.4. The molecule has 8 heteroatoms. The maximum absolute atomic E-state index is 11.7. The summed E-state index contributed by atoms with van der Waals surface area (Å²) in [6.45, 7) is 7.51. The summed E-state index contributed by atoms with van der Waals surface area (Å²) in [5.74, 6) is 0.915. The Morgan fingerprint density at radius 1 is 1.03 bits per heavy atom. The first-order valence-electron chi connectivity index (χ1n) is 10.4. The van der Waals surface area contributed by atoms with Gasteiger partial charge in [-0.25, -0.2) is 4.68 Å². The van der Waals surface area contributed by atoms with Gasteiger partial charge in [0.1, 0.15) is 0 Å². The number of carbonyl (C=O) groups excluding carboxylic acids is 1. The minimum Gasteiger partial charge on any atom is -0.342 e. The van der Waals surface area contributed by atoms with Crippen LogP contribution in [0.4, 0.5) is 0 Å². The highest BCUT2D eigenvalue weighted by molar-refractivity contribution is 7.71. The lowest BCUT2D eigenvalue weighted by Gasteiger charge is -2.20. The van der Waals surface area contributed by atoms with Crippen molar-refractivity contribution in [3.63, 3.8) is 0 Å². The van der Waals surface area contributed by atoms with Crippen molar-refractivity contribution in [3.05, 3.63) is 63.9 Å². The lowest BCUT2D eigenvalue weighted by Crippen LogP contribution is -2.34. The van der Waals surface area contributed by atoms with Crippen LogP contribution in [0.5, 0.6) is 0 Å². The number of halogens is 1. The first-order chi connectivity index (χ1) is 14.9. The van der Waals surface area contributed by atoms with Crippen molar-refractivity contribution in [1.29, 1.82) is 0 Å². The molecule has 0 bridgehead atoms. The Balaban J connectivity index is 1.70. The van der Waals surface area contributed by atoms with Crippen molar-refractivity contribution in [2.45, 2.75) is 26.9 Å². The van der Waals surface area contributed by atoms with Gasteiger partial charge in [0.05, 0.1) is 6.67 Å². The number of aryl methyl sites for hydroxylation is 1. The molecule has 1 saturated heterocycles. The number of hydrogen-bond donors (Lipinski definition) is 0. The van der Waals surface area contributed by atoms with E-state index >= 15 is 0 Å². The minimum atomic E-state index is 0.132. The topological polar surface area (TPSA) is 46.3 Å². The average molecular weight is 456 g/mol. The van der Waals surface area contributed by atoms with E-state index in [1.54, 1.807) is 6.92 Å². The molecule has 0 saturated carbocycles. The Hall–Kier alpha value is -2.48. The van der Waals surface area contributed by atoms with E-state index in [1.807, 2.05) is 38.4 Å². The van der Waals surface area contributed by atoms with Crippen LogP contribution in [0, 0.1) is 11.7 Å². The molecule has 2 aromatic carbocycles. The Labute approximate surface area is 192 Å². The summed E-state index contributed by atoms with van der Waals surface area (Å²) in [4.78, 5) is 15.9. The van der Waals surface area contributed by atoms with Gasteiger partial charge in [-0.15, -0.1) is 5.10 Å². The molecule has 1 aromatic heterocycles. The molecule has 1 aliphatic heterocycles. The third kappa shape index (κ3) is 4.89. The Kier molecular flexibility index (Phi) is 6.55. The van der Waals surface area contributed by atoms with Crippen LogP contribution in [0.15, 0.2) is 48.5 Å². The fourth-order valence-corrected chi connectivity index (χ4v) is 4.25. The number of hydrogen-bond acceptors (Lipinski definition) is 4. The second-order valence-corrected chi connectivity index (χ2v) is 8.70. The molecule has 6 nitrogen and oxygen atoms in total. The maximum Gasteiger partial charge on any atom is 0.219 e. The predicted molar refractivity (Wildman–Crippen MR) is 126 cm³/mol. The molecule has 0 atom stereocenters. The molecule has 0 unspecified atom stereocenters. The quantitative estimate of drug-likeness (QED) is 0.542. The van der Waals surface area contributed by atoms with E-state index in [0.29, 0.717) is 16.5 Å². The Morgan fingerprint density at radius 2 is 1.74 bits per heavy atom. The number of nitrogens with zero attached hydrogens (tertiary/aromatic N) is 5. The van der Waals surface area contributed by atoms with Gasteiger partial charge < -0.3 is 4.90 Å². The summed E-state index contributed by atoms with van der Waals surface area (Å²) in [5.41, 5.74) is 3.12. The van der Waals surface area contributed by atoms with Crippen LogP contribution in [0.3, 0.4) is 0 Å². The molecule has 31 heavy (non-hydrogen) atoms. The molecular formula is C23H26ClN5OS. The summed E-state index contributed by atoms with van der Waals surface area (Å²) in [5, 5.41) is 5.58. The lowest BCUT2D eigenvalue weighted by atomic mass is 10.2. The number of aromatic nitrogens is 3. The van der Waals surface area contributed by atoms with E-state index in [0.717, 1.165) is 49.7 Å². The molecule has 3 aromatic rings. The first-order valence-corrected chi connectivity index (χ1v) is 11.2. The van der Waals surface area contributed by atoms with Crippen LogP contribution >= 0.6 is 23.8 Å². The average Bonchev–Trinajstić information content (AvgIpc) is 2.91. The molecule has 162 valence electrons. The van der Waals surface area contributed by atoms with Gasteiger partial charge in [-0.3, -0.25) is 14.3 Å². The normalized spacial score (nSPS) is 15.1. The van der Waals surface area contributed by atoms with Crippen LogP contribution in [-0.2, 0) is 11.5 Å². The summed E-state index contributed by atoms with van der Waals surface area (Å²) in [6.07, 6.45) is 0.940. The molecule has 1 fully saturated rings. The third-order valence-corrected chi connectivity index (χ3v) is 6.25. The number of carbonyl (C=O) groups is 1. The molecule has 1 aliphatic rings. The monoisotopic (exact) mass is 455 g/mol. The molecule has 0 N–H and O–H groups in total. The molecule has 1 amide bonds. The number of amides is 1. The SMILES string of the molecule is CC(=O)N1CCCN(Cn2nc(-c3ccc(Cl)cc3)n(-c3ccc(C)cc3)c2=S)CC1. The van der Waals surface area contributed by atoms with Gasteiger partial charge in [-0.05, 0) is 62.0 Å². The van der Waals surface area contributed by atoms with E-state index in [1.165, 1.54) is 5.56 Å². The van der Waals surface area contributed by atoms with Crippen molar-refractivity contribution in [2.24, 2.45) is 0 Å². The van der Waals surface area contributed by atoms with Gasteiger partial charge in [-0.1, -0.05) is 29.3 Å². The Morgan fingerprint density at radius 3 is 2.42 bits per heavy atom. The highest BCUT2D eigenvalue weighted by Gasteiger charge is 2.20. The van der Waals surface area contributed by atoms with Crippen LogP contribution < -0.4 is 0 Å². The van der Waals surface area contributed by atoms with E-state index in [2.05, 4.69) is 36.1 Å². The van der Waals surface area contributed by atoms with E-state index in [9.17, 15) is 4.79 Å². The summed E-state index contributed by atoms with van der Waals surface area (Å²) in [6, 6.07) is 15.9. The molecule has 0 spiro atoms. The predicted octanol–water partition coefficient (Wildman–Crippen LogP) is 4.54. The second kappa shape index (κ2) is 9.34. The van der Waals surface area contributed by atoms with Gasteiger partial charge >= 0.3 is 0 Å². The Bertz CT molecular complexity index is 1120. The lowest BCUT2D eigenvalue weighted by molar-refractivity contribution is -0.128. The molecule has 2 heterocycles. The van der Waals surface area contributed by atoms with Crippen LogP contribution in [0.2, 0.25) is 5.02 Å². The van der Waals surface area contributed by atoms with Crippen LogP contribution in [-0.4, -0.2) is 56.2 Å². The van der Waals surface area contributed by atoms with Gasteiger partial charge in [0.2, 0.25) is 10.7 Å². The van der Waals surface area contributed by atoms with Gasteiger partial charge in [0.15, 0.2) is 5.82 Å². The first kappa shape index (κ1) is 21.7. The van der Waals surface area contributed by atoms with Crippen molar-refractivity contribution < 1.29 is 4.79 Å². The van der Waals surface area contributed by atoms with Gasteiger partial charge in [0, 0.05) is 49.4 Å². The van der Waals surface area contributed by atoms with Crippen LogP contribution in [0.1, 0.15) is 18.9 Å². The molecule has 0 aliphatic carbocycles. The van der Waals surface area contributed by atoms with Crippen LogP contribution in [0.25, 0.3) is 17.1 Å². The molecule has 0 radical (unpaired) electrons. The highest BCUT2D eigenvalue weighted by Crippen LogP contribution is 2.25. The zero-order valence-electron chi connectivity index (χ0n) is 17.8.